The number of aryl methyl sites for hydroxylation is 1. The number of rotatable bonds is 11. The fourth-order valence-corrected chi connectivity index (χ4v) is 2.70. The maximum atomic E-state index is 5.82. The van der Waals surface area contributed by atoms with E-state index in [1.54, 1.807) is 0 Å². The van der Waals surface area contributed by atoms with Crippen LogP contribution in [-0.2, 0) is 11.2 Å². The van der Waals surface area contributed by atoms with Crippen LogP contribution in [0.3, 0.4) is 0 Å². The Balaban J connectivity index is 2.37. The van der Waals surface area contributed by atoms with Crippen LogP contribution in [-0.4, -0.2) is 18.8 Å². The van der Waals surface area contributed by atoms with E-state index < -0.39 is 0 Å². The second kappa shape index (κ2) is 10.5. The van der Waals surface area contributed by atoms with Gasteiger partial charge >= 0.3 is 0 Å². The largest absolute Gasteiger partial charge is 0.490 e. The van der Waals surface area contributed by atoms with Crippen molar-refractivity contribution in [3.05, 3.63) is 41.5 Å². The summed E-state index contributed by atoms with van der Waals surface area (Å²) >= 11 is 0. The van der Waals surface area contributed by atoms with Crippen LogP contribution in [0.15, 0.2) is 35.9 Å². The van der Waals surface area contributed by atoms with Crippen molar-refractivity contribution in [3.63, 3.8) is 0 Å². The van der Waals surface area contributed by atoms with E-state index in [1.165, 1.54) is 11.1 Å². The molecule has 130 valence electrons. The lowest BCUT2D eigenvalue weighted by atomic mass is 9.97. The van der Waals surface area contributed by atoms with Crippen LogP contribution in [0, 0.1) is 0 Å². The Hall–Kier alpha value is -1.28. The Morgan fingerprint density at radius 1 is 1.09 bits per heavy atom. The Morgan fingerprint density at radius 2 is 1.78 bits per heavy atom. The zero-order chi connectivity index (χ0) is 17.1. The van der Waals surface area contributed by atoms with E-state index in [9.17, 15) is 0 Å². The molecule has 0 fully saturated rings. The van der Waals surface area contributed by atoms with Crippen molar-refractivity contribution in [2.75, 3.05) is 13.2 Å². The lowest BCUT2D eigenvalue weighted by Crippen LogP contribution is -2.24. The highest BCUT2D eigenvalue weighted by Gasteiger charge is 2.16. The first kappa shape index (κ1) is 19.8. The molecule has 0 aliphatic rings. The van der Waals surface area contributed by atoms with Gasteiger partial charge in [-0.3, -0.25) is 0 Å². The van der Waals surface area contributed by atoms with Gasteiger partial charge < -0.3 is 9.47 Å². The van der Waals surface area contributed by atoms with Gasteiger partial charge in [0.1, 0.15) is 12.4 Å². The topological polar surface area (TPSA) is 18.5 Å². The second-order valence-electron chi connectivity index (χ2n) is 6.57. The van der Waals surface area contributed by atoms with Crippen LogP contribution in [0.5, 0.6) is 5.75 Å². The molecule has 2 heteroatoms. The van der Waals surface area contributed by atoms with Gasteiger partial charge in [-0.05, 0) is 76.6 Å². The first-order chi connectivity index (χ1) is 11.0. The Kier molecular flexibility index (Phi) is 9.01. The van der Waals surface area contributed by atoms with Crippen molar-refractivity contribution < 1.29 is 9.47 Å². The average molecular weight is 319 g/mol. The number of ether oxygens (including phenoxy) is 2. The van der Waals surface area contributed by atoms with Crippen molar-refractivity contribution in [1.82, 2.24) is 0 Å². The first-order valence-electron chi connectivity index (χ1n) is 9.04. The maximum absolute atomic E-state index is 5.82. The Morgan fingerprint density at radius 3 is 2.35 bits per heavy atom. The summed E-state index contributed by atoms with van der Waals surface area (Å²) in [6.45, 7) is 12.2. The highest BCUT2D eigenvalue weighted by atomic mass is 16.5. The third kappa shape index (κ3) is 8.22. The van der Waals surface area contributed by atoms with Crippen molar-refractivity contribution in [3.8, 4) is 5.75 Å². The van der Waals surface area contributed by atoms with Crippen molar-refractivity contribution in [2.45, 2.75) is 72.3 Å². The van der Waals surface area contributed by atoms with Crippen LogP contribution in [0.2, 0.25) is 0 Å². The molecule has 0 heterocycles. The minimum absolute atomic E-state index is 0.00880. The van der Waals surface area contributed by atoms with Gasteiger partial charge in [0.15, 0.2) is 0 Å². The predicted molar refractivity (Wildman–Crippen MR) is 99.2 cm³/mol. The molecule has 0 aromatic heterocycles. The van der Waals surface area contributed by atoms with Crippen molar-refractivity contribution in [1.29, 1.82) is 0 Å². The zero-order valence-electron chi connectivity index (χ0n) is 15.7. The molecule has 1 aromatic rings. The van der Waals surface area contributed by atoms with Crippen LogP contribution >= 0.6 is 0 Å². The van der Waals surface area contributed by atoms with Crippen LogP contribution < -0.4 is 4.74 Å². The van der Waals surface area contributed by atoms with E-state index in [0.717, 1.165) is 44.5 Å². The van der Waals surface area contributed by atoms with E-state index in [-0.39, 0.29) is 5.60 Å². The van der Waals surface area contributed by atoms with Gasteiger partial charge in [-0.2, -0.15) is 0 Å². The normalized spacial score (nSPS) is 12.5. The summed E-state index contributed by atoms with van der Waals surface area (Å²) in [6.07, 6.45) is 7.79. The minimum atomic E-state index is -0.00880. The van der Waals surface area contributed by atoms with E-state index in [2.05, 4.69) is 65.0 Å². The molecule has 23 heavy (non-hydrogen) atoms. The fraction of sp³-hybridized carbons (Fsp3) is 0.619. The Bertz CT molecular complexity index is 457. The molecule has 0 aliphatic heterocycles. The lowest BCUT2D eigenvalue weighted by Gasteiger charge is -2.24. The smallest absolute Gasteiger partial charge is 0.119 e. The Labute approximate surface area is 142 Å². The van der Waals surface area contributed by atoms with E-state index in [0.29, 0.717) is 6.61 Å². The number of allylic oxidation sites excluding steroid dienone is 1. The predicted octanol–water partition coefficient (Wildman–Crippen LogP) is 5.95. The molecule has 1 rings (SSSR count). The molecule has 2 nitrogen and oxygen atoms in total. The summed E-state index contributed by atoms with van der Waals surface area (Å²) in [4.78, 5) is 0. The summed E-state index contributed by atoms with van der Waals surface area (Å²) in [5.41, 5.74) is 2.81. The third-order valence-corrected chi connectivity index (χ3v) is 4.22. The van der Waals surface area contributed by atoms with Crippen molar-refractivity contribution >= 4 is 0 Å². The van der Waals surface area contributed by atoms with Gasteiger partial charge in [-0.25, -0.2) is 0 Å². The molecule has 0 spiro atoms. The number of hydrogen-bond donors (Lipinski definition) is 0. The first-order valence-corrected chi connectivity index (χ1v) is 9.04. The summed E-state index contributed by atoms with van der Waals surface area (Å²) in [6, 6.07) is 8.39. The molecule has 0 radical (unpaired) electrons. The molecule has 0 N–H and O–H groups in total. The van der Waals surface area contributed by atoms with Crippen molar-refractivity contribution in [2.24, 2.45) is 0 Å². The van der Waals surface area contributed by atoms with Gasteiger partial charge in [-0.15, -0.1) is 0 Å². The van der Waals surface area contributed by atoms with E-state index in [4.69, 9.17) is 9.47 Å². The summed E-state index contributed by atoms with van der Waals surface area (Å²) < 4.78 is 11.6. The highest BCUT2D eigenvalue weighted by molar-refractivity contribution is 5.27. The molecule has 0 atom stereocenters. The van der Waals surface area contributed by atoms with E-state index >= 15 is 0 Å². The summed E-state index contributed by atoms with van der Waals surface area (Å²) in [5.74, 6) is 0.950. The fourth-order valence-electron chi connectivity index (χ4n) is 2.70. The molecule has 0 bridgehead atoms. The third-order valence-electron chi connectivity index (χ3n) is 4.22. The molecule has 0 saturated heterocycles. The molecular formula is C21H34O2. The number of benzene rings is 1. The second-order valence-corrected chi connectivity index (χ2v) is 6.57. The SMILES string of the molecule is CCOC(C)(C)CCC/C(=C/COc1ccc(CC)cc1)CC. The molecule has 0 saturated carbocycles. The lowest BCUT2D eigenvalue weighted by molar-refractivity contribution is -0.0173. The van der Waals surface area contributed by atoms with Gasteiger partial charge in [-0.1, -0.05) is 31.6 Å². The maximum Gasteiger partial charge on any atom is 0.119 e. The zero-order valence-corrected chi connectivity index (χ0v) is 15.7. The molecule has 0 unspecified atom stereocenters. The molecule has 0 aliphatic carbocycles. The van der Waals surface area contributed by atoms with Gasteiger partial charge in [0.25, 0.3) is 0 Å². The van der Waals surface area contributed by atoms with Gasteiger partial charge in [0, 0.05) is 6.61 Å². The van der Waals surface area contributed by atoms with Gasteiger partial charge in [0.05, 0.1) is 5.60 Å². The monoisotopic (exact) mass is 318 g/mol. The minimum Gasteiger partial charge on any atom is -0.490 e. The standard InChI is InChI=1S/C21H34O2/c1-6-18(10-9-16-21(4,5)23-8-3)15-17-22-20-13-11-19(7-2)12-14-20/h11-15H,6-10,16-17H2,1-5H3/b18-15+. The molecular weight excluding hydrogens is 284 g/mol. The van der Waals surface area contributed by atoms with E-state index in [1.807, 2.05) is 0 Å². The van der Waals surface area contributed by atoms with Crippen LogP contribution in [0.25, 0.3) is 0 Å². The average Bonchev–Trinajstić information content (AvgIpc) is 2.53. The quantitative estimate of drug-likeness (QED) is 0.469. The molecule has 1 aromatic carbocycles. The highest BCUT2D eigenvalue weighted by Crippen LogP contribution is 2.21. The summed E-state index contributed by atoms with van der Waals surface area (Å²) in [7, 11) is 0. The number of hydrogen-bond acceptors (Lipinski definition) is 2. The summed E-state index contributed by atoms with van der Waals surface area (Å²) in [5, 5.41) is 0. The van der Waals surface area contributed by atoms with Gasteiger partial charge in [0.2, 0.25) is 0 Å². The molecule has 0 amide bonds. The van der Waals surface area contributed by atoms with Crippen LogP contribution in [0.4, 0.5) is 0 Å². The van der Waals surface area contributed by atoms with Crippen LogP contribution in [0.1, 0.15) is 65.9 Å².